The van der Waals surface area contributed by atoms with E-state index in [1.54, 1.807) is 0 Å². The molecule has 25 heavy (non-hydrogen) atoms. The molecule has 1 fully saturated rings. The number of aryl methyl sites for hydroxylation is 2. The fraction of sp³-hybridized carbons (Fsp3) is 0.682. The summed E-state index contributed by atoms with van der Waals surface area (Å²) in [6, 6.07) is 7.15. The minimum absolute atomic E-state index is 0.291. The van der Waals surface area contributed by atoms with Crippen LogP contribution >= 0.6 is 0 Å². The predicted octanol–water partition coefficient (Wildman–Crippen LogP) is 4.21. The number of amides is 1. The van der Waals surface area contributed by atoms with E-state index in [2.05, 4.69) is 55.7 Å². The largest absolute Gasteiger partial charge is 0.342 e. The van der Waals surface area contributed by atoms with Crippen molar-refractivity contribution in [3.8, 4) is 0 Å². The Morgan fingerprint density at radius 2 is 1.76 bits per heavy atom. The number of carbonyl (C=O) groups excluding carboxylic acids is 1. The van der Waals surface area contributed by atoms with Gasteiger partial charge in [0.25, 0.3) is 0 Å². The van der Waals surface area contributed by atoms with E-state index in [0.717, 1.165) is 37.9 Å². The van der Waals surface area contributed by atoms with Crippen molar-refractivity contribution in [1.82, 2.24) is 9.80 Å². The van der Waals surface area contributed by atoms with Crippen molar-refractivity contribution in [2.75, 3.05) is 26.2 Å². The molecular weight excluding hydrogens is 308 g/mol. The first-order valence-corrected chi connectivity index (χ1v) is 10.2. The van der Waals surface area contributed by atoms with Gasteiger partial charge in [0.2, 0.25) is 5.91 Å². The molecule has 0 spiro atoms. The summed E-state index contributed by atoms with van der Waals surface area (Å²) in [5, 5.41) is 0. The lowest BCUT2D eigenvalue weighted by atomic mass is 9.99. The van der Waals surface area contributed by atoms with Gasteiger partial charge in [-0.05, 0) is 68.8 Å². The molecule has 1 aromatic rings. The molecule has 0 radical (unpaired) electrons. The highest BCUT2D eigenvalue weighted by Crippen LogP contribution is 2.19. The van der Waals surface area contributed by atoms with Crippen molar-refractivity contribution in [3.05, 3.63) is 34.9 Å². The van der Waals surface area contributed by atoms with Gasteiger partial charge in [-0.1, -0.05) is 39.0 Å². The van der Waals surface area contributed by atoms with Crippen molar-refractivity contribution in [3.63, 3.8) is 0 Å². The number of carbonyl (C=O) groups is 1. The lowest BCUT2D eigenvalue weighted by molar-refractivity contribution is -0.132. The van der Waals surface area contributed by atoms with Crippen LogP contribution in [0.5, 0.6) is 0 Å². The molecule has 1 saturated heterocycles. The van der Waals surface area contributed by atoms with Crippen LogP contribution in [-0.2, 0) is 17.6 Å². The molecule has 0 bridgehead atoms. The van der Waals surface area contributed by atoms with Gasteiger partial charge in [0, 0.05) is 19.1 Å². The molecule has 0 atom stereocenters. The van der Waals surface area contributed by atoms with Crippen molar-refractivity contribution in [2.24, 2.45) is 0 Å². The van der Waals surface area contributed by atoms with Crippen molar-refractivity contribution < 1.29 is 4.79 Å². The van der Waals surface area contributed by atoms with Gasteiger partial charge in [-0.2, -0.15) is 0 Å². The molecule has 1 aromatic carbocycles. The van der Waals surface area contributed by atoms with Crippen LogP contribution in [0, 0.1) is 6.92 Å². The summed E-state index contributed by atoms with van der Waals surface area (Å²) in [6.45, 7) is 13.1. The van der Waals surface area contributed by atoms with Crippen LogP contribution in [0.25, 0.3) is 0 Å². The molecular formula is C22H36N2O. The zero-order valence-corrected chi connectivity index (χ0v) is 16.7. The molecule has 1 heterocycles. The number of likely N-dealkylation sites (tertiary alicyclic amines) is 1. The van der Waals surface area contributed by atoms with E-state index in [9.17, 15) is 4.79 Å². The van der Waals surface area contributed by atoms with Crippen LogP contribution in [-0.4, -0.2) is 47.9 Å². The Hall–Kier alpha value is -1.35. The van der Waals surface area contributed by atoms with Crippen LogP contribution in [0.3, 0.4) is 0 Å². The van der Waals surface area contributed by atoms with E-state index in [0.29, 0.717) is 18.4 Å². The van der Waals surface area contributed by atoms with Gasteiger partial charge < -0.3 is 9.80 Å². The zero-order valence-electron chi connectivity index (χ0n) is 16.7. The molecule has 140 valence electrons. The minimum Gasteiger partial charge on any atom is -0.342 e. The summed E-state index contributed by atoms with van der Waals surface area (Å²) in [7, 11) is 0. The lowest BCUT2D eigenvalue weighted by Crippen LogP contribution is -2.47. The van der Waals surface area contributed by atoms with E-state index in [1.165, 1.54) is 37.1 Å². The number of rotatable bonds is 8. The second kappa shape index (κ2) is 9.96. The molecule has 0 N–H and O–H groups in total. The van der Waals surface area contributed by atoms with Crippen molar-refractivity contribution in [1.29, 1.82) is 0 Å². The average molecular weight is 345 g/mol. The Kier molecular flexibility index (Phi) is 7.95. The molecule has 0 aliphatic carbocycles. The summed E-state index contributed by atoms with van der Waals surface area (Å²) in [5.74, 6) is 0.291. The average Bonchev–Trinajstić information content (AvgIpc) is 2.62. The van der Waals surface area contributed by atoms with Crippen LogP contribution in [0.4, 0.5) is 0 Å². The summed E-state index contributed by atoms with van der Waals surface area (Å²) >= 11 is 0. The Balaban J connectivity index is 1.87. The van der Waals surface area contributed by atoms with E-state index >= 15 is 0 Å². The number of nitrogens with zero attached hydrogens (tertiary/aromatic N) is 2. The topological polar surface area (TPSA) is 23.6 Å². The van der Waals surface area contributed by atoms with Crippen LogP contribution in [0.15, 0.2) is 18.2 Å². The van der Waals surface area contributed by atoms with Crippen molar-refractivity contribution >= 4 is 5.91 Å². The van der Waals surface area contributed by atoms with Gasteiger partial charge in [-0.3, -0.25) is 4.79 Å². The maximum atomic E-state index is 12.7. The second-order valence-electron chi connectivity index (χ2n) is 7.44. The Bertz CT molecular complexity index is 541. The normalized spacial score (nSPS) is 15.8. The van der Waals surface area contributed by atoms with E-state index in [4.69, 9.17) is 0 Å². The fourth-order valence-electron chi connectivity index (χ4n) is 4.08. The molecule has 3 heteroatoms. The van der Waals surface area contributed by atoms with Gasteiger partial charge in [0.15, 0.2) is 0 Å². The quantitative estimate of drug-likeness (QED) is 0.705. The highest BCUT2D eigenvalue weighted by atomic mass is 16.2. The molecule has 1 aliphatic heterocycles. The first kappa shape index (κ1) is 20.0. The first-order chi connectivity index (χ1) is 12.1. The number of piperidine rings is 1. The first-order valence-electron chi connectivity index (χ1n) is 10.2. The lowest BCUT2D eigenvalue weighted by Gasteiger charge is -2.38. The van der Waals surface area contributed by atoms with Gasteiger partial charge >= 0.3 is 0 Å². The van der Waals surface area contributed by atoms with E-state index in [1.807, 2.05) is 0 Å². The van der Waals surface area contributed by atoms with Gasteiger partial charge in [-0.15, -0.1) is 0 Å². The monoisotopic (exact) mass is 344 g/mol. The summed E-state index contributed by atoms with van der Waals surface area (Å²) in [4.78, 5) is 17.4. The maximum absolute atomic E-state index is 12.7. The van der Waals surface area contributed by atoms with E-state index in [-0.39, 0.29) is 0 Å². The van der Waals surface area contributed by atoms with Crippen LogP contribution in [0.1, 0.15) is 63.1 Å². The minimum atomic E-state index is 0.291. The Morgan fingerprint density at radius 1 is 1.12 bits per heavy atom. The van der Waals surface area contributed by atoms with Crippen molar-refractivity contribution in [2.45, 2.75) is 72.3 Å². The van der Waals surface area contributed by atoms with Gasteiger partial charge in [0.05, 0.1) is 6.42 Å². The highest BCUT2D eigenvalue weighted by molar-refractivity contribution is 5.79. The molecule has 1 aliphatic rings. The molecule has 0 unspecified atom stereocenters. The molecule has 1 amide bonds. The second-order valence-corrected chi connectivity index (χ2v) is 7.44. The number of hydrogen-bond acceptors (Lipinski definition) is 2. The zero-order chi connectivity index (χ0) is 18.2. The smallest absolute Gasteiger partial charge is 0.226 e. The summed E-state index contributed by atoms with van der Waals surface area (Å²) in [6.07, 6.45) is 6.28. The fourth-order valence-corrected chi connectivity index (χ4v) is 4.08. The molecule has 3 nitrogen and oxygen atoms in total. The standard InChI is InChI=1S/C22H36N2O/c1-5-12-23(13-6-2)21-10-14-24(15-11-21)22(25)17-19-8-9-20(7-3)18(4)16-19/h8-9,16,21H,5-7,10-15,17H2,1-4H3. The third-order valence-electron chi connectivity index (χ3n) is 5.50. The number of hydrogen-bond donors (Lipinski definition) is 0. The van der Waals surface area contributed by atoms with Gasteiger partial charge in [0.1, 0.15) is 0 Å². The van der Waals surface area contributed by atoms with Gasteiger partial charge in [-0.25, -0.2) is 0 Å². The van der Waals surface area contributed by atoms with Crippen LogP contribution < -0.4 is 0 Å². The molecule has 0 saturated carbocycles. The third kappa shape index (κ3) is 5.57. The Labute approximate surface area is 154 Å². The van der Waals surface area contributed by atoms with Crippen LogP contribution in [0.2, 0.25) is 0 Å². The highest BCUT2D eigenvalue weighted by Gasteiger charge is 2.26. The van der Waals surface area contributed by atoms with E-state index < -0.39 is 0 Å². The molecule has 0 aromatic heterocycles. The molecule has 2 rings (SSSR count). The maximum Gasteiger partial charge on any atom is 0.226 e. The summed E-state index contributed by atoms with van der Waals surface area (Å²) in [5.41, 5.74) is 3.84. The summed E-state index contributed by atoms with van der Waals surface area (Å²) < 4.78 is 0. The SMILES string of the molecule is CCCN(CCC)C1CCN(C(=O)Cc2ccc(CC)c(C)c2)CC1. The predicted molar refractivity (Wildman–Crippen MR) is 106 cm³/mol. The number of benzene rings is 1. The Morgan fingerprint density at radius 3 is 2.28 bits per heavy atom. The third-order valence-corrected chi connectivity index (χ3v) is 5.50.